The maximum Gasteiger partial charge on any atom is 0.228 e. The number of nitrogen functional groups attached to an aromatic ring is 1. The molecule has 0 radical (unpaired) electrons. The van der Waals surface area contributed by atoms with Crippen molar-refractivity contribution in [2.75, 3.05) is 30.0 Å². The molecule has 0 saturated heterocycles. The van der Waals surface area contributed by atoms with E-state index in [0.29, 0.717) is 11.3 Å². The molecule has 0 heterocycles. The summed E-state index contributed by atoms with van der Waals surface area (Å²) >= 11 is 0. The van der Waals surface area contributed by atoms with Crippen LogP contribution in [0.3, 0.4) is 0 Å². The van der Waals surface area contributed by atoms with Gasteiger partial charge in [0, 0.05) is 19.8 Å². The highest BCUT2D eigenvalue weighted by molar-refractivity contribution is 5.96. The number of phenols is 1. The number of anilines is 3. The van der Waals surface area contributed by atoms with E-state index in [2.05, 4.69) is 5.32 Å². The molecule has 5 nitrogen and oxygen atoms in total. The Bertz CT molecular complexity index is 654. The van der Waals surface area contributed by atoms with Crippen LogP contribution in [0, 0.1) is 0 Å². The number of aromatic hydroxyl groups is 1. The summed E-state index contributed by atoms with van der Waals surface area (Å²) in [6.07, 6.45) is 0.113. The topological polar surface area (TPSA) is 78.6 Å². The highest BCUT2D eigenvalue weighted by Gasteiger charge is 2.10. The fourth-order valence-corrected chi connectivity index (χ4v) is 2.08. The van der Waals surface area contributed by atoms with Crippen LogP contribution in [0.25, 0.3) is 0 Å². The molecule has 0 fully saturated rings. The van der Waals surface area contributed by atoms with Gasteiger partial charge in [-0.05, 0) is 35.9 Å². The predicted molar refractivity (Wildman–Crippen MR) is 85.6 cm³/mol. The molecule has 1 amide bonds. The number of hydrogen-bond donors (Lipinski definition) is 3. The first-order valence-corrected chi connectivity index (χ1v) is 6.61. The first kappa shape index (κ1) is 14.7. The number of benzene rings is 2. The second-order valence-electron chi connectivity index (χ2n) is 5.02. The highest BCUT2D eigenvalue weighted by Crippen LogP contribution is 2.24. The van der Waals surface area contributed by atoms with Crippen LogP contribution >= 0.6 is 0 Å². The van der Waals surface area contributed by atoms with Gasteiger partial charge >= 0.3 is 0 Å². The van der Waals surface area contributed by atoms with Crippen LogP contribution in [0.4, 0.5) is 17.1 Å². The van der Waals surface area contributed by atoms with E-state index < -0.39 is 0 Å². The molecule has 0 aliphatic rings. The van der Waals surface area contributed by atoms with Crippen molar-refractivity contribution in [2.24, 2.45) is 0 Å². The van der Waals surface area contributed by atoms with Gasteiger partial charge in [-0.3, -0.25) is 4.79 Å². The zero-order valence-corrected chi connectivity index (χ0v) is 12.1. The molecule has 0 atom stereocenters. The van der Waals surface area contributed by atoms with Crippen LogP contribution in [0.15, 0.2) is 42.5 Å². The molecule has 0 aromatic heterocycles. The van der Waals surface area contributed by atoms with Crippen LogP contribution < -0.4 is 16.0 Å². The van der Waals surface area contributed by atoms with E-state index in [1.807, 2.05) is 43.3 Å². The average Bonchev–Trinajstić information content (AvgIpc) is 2.43. The summed E-state index contributed by atoms with van der Waals surface area (Å²) in [6, 6.07) is 12.2. The third-order valence-corrected chi connectivity index (χ3v) is 3.14. The van der Waals surface area contributed by atoms with Gasteiger partial charge in [0.25, 0.3) is 0 Å². The number of amides is 1. The standard InChI is InChI=1S/C16H19N3O2/c1-19(2)15-6-4-3-5-14(15)18-16(21)10-11-9-12(20)7-8-13(11)17/h3-9,20H,10,17H2,1-2H3,(H,18,21). The Morgan fingerprint density at radius 3 is 2.67 bits per heavy atom. The summed E-state index contributed by atoms with van der Waals surface area (Å²) in [5, 5.41) is 12.3. The van der Waals surface area contributed by atoms with Crippen molar-refractivity contribution in [1.29, 1.82) is 0 Å². The van der Waals surface area contributed by atoms with Gasteiger partial charge in [-0.25, -0.2) is 0 Å². The summed E-state index contributed by atoms with van der Waals surface area (Å²) in [4.78, 5) is 14.1. The van der Waals surface area contributed by atoms with Crippen molar-refractivity contribution < 1.29 is 9.90 Å². The maximum absolute atomic E-state index is 12.2. The van der Waals surface area contributed by atoms with Gasteiger partial charge in [-0.2, -0.15) is 0 Å². The molecule has 5 heteroatoms. The second-order valence-corrected chi connectivity index (χ2v) is 5.02. The van der Waals surface area contributed by atoms with Gasteiger partial charge in [0.05, 0.1) is 17.8 Å². The van der Waals surface area contributed by atoms with Crippen molar-refractivity contribution in [3.05, 3.63) is 48.0 Å². The van der Waals surface area contributed by atoms with Crippen LogP contribution in [0.5, 0.6) is 5.75 Å². The fourth-order valence-electron chi connectivity index (χ4n) is 2.08. The molecule has 0 saturated carbocycles. The Hall–Kier alpha value is -2.69. The zero-order valence-electron chi connectivity index (χ0n) is 12.1. The SMILES string of the molecule is CN(C)c1ccccc1NC(=O)Cc1cc(O)ccc1N. The second kappa shape index (κ2) is 6.17. The minimum Gasteiger partial charge on any atom is -0.508 e. The van der Waals surface area contributed by atoms with E-state index in [1.165, 1.54) is 12.1 Å². The molecular formula is C16H19N3O2. The monoisotopic (exact) mass is 285 g/mol. The van der Waals surface area contributed by atoms with Gasteiger partial charge in [0.15, 0.2) is 0 Å². The molecular weight excluding hydrogens is 266 g/mol. The number of carbonyl (C=O) groups excluding carboxylic acids is 1. The van der Waals surface area contributed by atoms with Gasteiger partial charge in [-0.15, -0.1) is 0 Å². The Balaban J connectivity index is 2.14. The van der Waals surface area contributed by atoms with Gasteiger partial charge < -0.3 is 21.1 Å². The molecule has 2 rings (SSSR count). The minimum absolute atomic E-state index is 0.0979. The fraction of sp³-hybridized carbons (Fsp3) is 0.188. The normalized spacial score (nSPS) is 10.2. The summed E-state index contributed by atoms with van der Waals surface area (Å²) in [6.45, 7) is 0. The van der Waals surface area contributed by atoms with E-state index in [0.717, 1.165) is 11.4 Å². The number of phenolic OH excluding ortho intramolecular Hbond substituents is 1. The molecule has 4 N–H and O–H groups in total. The molecule has 2 aromatic carbocycles. The number of para-hydroxylation sites is 2. The summed E-state index contributed by atoms with van der Waals surface area (Å²) in [5.74, 6) is -0.0812. The molecule has 0 aliphatic carbocycles. The van der Waals surface area contributed by atoms with Crippen molar-refractivity contribution in [3.63, 3.8) is 0 Å². The predicted octanol–water partition coefficient (Wildman–Crippen LogP) is 2.22. The largest absolute Gasteiger partial charge is 0.508 e. The van der Waals surface area contributed by atoms with E-state index in [1.54, 1.807) is 6.07 Å². The van der Waals surface area contributed by atoms with Crippen molar-refractivity contribution in [3.8, 4) is 5.75 Å². The van der Waals surface area contributed by atoms with Crippen LogP contribution in [-0.2, 0) is 11.2 Å². The van der Waals surface area contributed by atoms with E-state index in [9.17, 15) is 9.90 Å². The molecule has 110 valence electrons. The molecule has 0 bridgehead atoms. The van der Waals surface area contributed by atoms with Gasteiger partial charge in [-0.1, -0.05) is 12.1 Å². The number of nitrogens with zero attached hydrogens (tertiary/aromatic N) is 1. The number of hydrogen-bond acceptors (Lipinski definition) is 4. The lowest BCUT2D eigenvalue weighted by Crippen LogP contribution is -2.18. The van der Waals surface area contributed by atoms with Crippen molar-refractivity contribution in [1.82, 2.24) is 0 Å². The molecule has 0 spiro atoms. The number of nitrogens with one attached hydrogen (secondary N) is 1. The average molecular weight is 285 g/mol. The quantitative estimate of drug-likeness (QED) is 0.594. The first-order valence-electron chi connectivity index (χ1n) is 6.61. The van der Waals surface area contributed by atoms with E-state index in [4.69, 9.17) is 5.73 Å². The molecule has 0 aliphatic heterocycles. The third-order valence-electron chi connectivity index (χ3n) is 3.14. The minimum atomic E-state index is -0.179. The smallest absolute Gasteiger partial charge is 0.228 e. The van der Waals surface area contributed by atoms with Crippen molar-refractivity contribution >= 4 is 23.0 Å². The van der Waals surface area contributed by atoms with Crippen LogP contribution in [-0.4, -0.2) is 25.1 Å². The third kappa shape index (κ3) is 3.66. The lowest BCUT2D eigenvalue weighted by Gasteiger charge is -2.17. The Labute approximate surface area is 124 Å². The molecule has 21 heavy (non-hydrogen) atoms. The summed E-state index contributed by atoms with van der Waals surface area (Å²) < 4.78 is 0. The molecule has 0 unspecified atom stereocenters. The first-order chi connectivity index (χ1) is 9.97. The lowest BCUT2D eigenvalue weighted by molar-refractivity contribution is -0.115. The summed E-state index contributed by atoms with van der Waals surface area (Å²) in [7, 11) is 3.83. The van der Waals surface area contributed by atoms with E-state index in [-0.39, 0.29) is 18.1 Å². The maximum atomic E-state index is 12.2. The number of carbonyl (C=O) groups is 1. The summed E-state index contributed by atoms with van der Waals surface area (Å²) in [5.41, 5.74) is 8.57. The van der Waals surface area contributed by atoms with Crippen molar-refractivity contribution in [2.45, 2.75) is 6.42 Å². The Morgan fingerprint density at radius 1 is 1.24 bits per heavy atom. The number of nitrogens with two attached hydrogens (primary N) is 1. The Morgan fingerprint density at radius 2 is 1.95 bits per heavy atom. The lowest BCUT2D eigenvalue weighted by atomic mass is 10.1. The van der Waals surface area contributed by atoms with Gasteiger partial charge in [0.2, 0.25) is 5.91 Å². The Kier molecular flexibility index (Phi) is 4.33. The number of rotatable bonds is 4. The molecule has 2 aromatic rings. The van der Waals surface area contributed by atoms with Gasteiger partial charge in [0.1, 0.15) is 5.75 Å². The zero-order chi connectivity index (χ0) is 15.4. The van der Waals surface area contributed by atoms with E-state index >= 15 is 0 Å². The van der Waals surface area contributed by atoms with Crippen LogP contribution in [0.1, 0.15) is 5.56 Å². The highest BCUT2D eigenvalue weighted by atomic mass is 16.3. The van der Waals surface area contributed by atoms with Crippen LogP contribution in [0.2, 0.25) is 0 Å².